The van der Waals surface area contributed by atoms with Crippen molar-refractivity contribution in [2.24, 2.45) is 0 Å². The first-order valence-corrected chi connectivity index (χ1v) is 6.56. The molecule has 1 fully saturated rings. The van der Waals surface area contributed by atoms with Crippen LogP contribution in [0.1, 0.15) is 50.2 Å². The van der Waals surface area contributed by atoms with Crippen LogP contribution in [-0.4, -0.2) is 0 Å². The Bertz CT molecular complexity index is 490. The minimum Gasteiger partial charge on any atom is -0.205 e. The van der Waals surface area contributed by atoms with Crippen molar-refractivity contribution in [1.82, 2.24) is 0 Å². The van der Waals surface area contributed by atoms with Gasteiger partial charge in [0.25, 0.3) is 0 Å². The van der Waals surface area contributed by atoms with Gasteiger partial charge in [0.2, 0.25) is 0 Å². The molecular formula is C16H18FN. The molecule has 0 unspecified atom stereocenters. The van der Waals surface area contributed by atoms with Crippen LogP contribution in [0.15, 0.2) is 30.4 Å². The second-order valence-electron chi connectivity index (χ2n) is 5.00. The number of hydrogen-bond acceptors (Lipinski definition) is 1. The molecule has 1 saturated carbocycles. The number of hydrogen-bond donors (Lipinski definition) is 0. The van der Waals surface area contributed by atoms with Crippen LogP contribution in [0, 0.1) is 17.1 Å². The molecule has 94 valence electrons. The Morgan fingerprint density at radius 3 is 2.61 bits per heavy atom. The molecule has 0 aromatic heterocycles. The van der Waals surface area contributed by atoms with Gasteiger partial charge in [-0.25, -0.2) is 4.39 Å². The molecule has 0 N–H and O–H groups in total. The third-order valence-corrected chi connectivity index (χ3v) is 3.89. The summed E-state index contributed by atoms with van der Waals surface area (Å²) < 4.78 is 14.4. The second kappa shape index (κ2) is 5.35. The van der Waals surface area contributed by atoms with Crippen molar-refractivity contribution in [3.63, 3.8) is 0 Å². The fourth-order valence-electron chi connectivity index (χ4n) is 3.03. The van der Waals surface area contributed by atoms with E-state index in [1.54, 1.807) is 12.1 Å². The van der Waals surface area contributed by atoms with Crippen molar-refractivity contribution in [3.8, 4) is 6.07 Å². The summed E-state index contributed by atoms with van der Waals surface area (Å²) in [4.78, 5) is 0. The van der Waals surface area contributed by atoms with Crippen LogP contribution in [0.5, 0.6) is 0 Å². The van der Waals surface area contributed by atoms with E-state index in [1.807, 2.05) is 25.1 Å². The SMILES string of the molecule is CC=CC1(c2cccc(C#N)c2F)CCCCC1. The van der Waals surface area contributed by atoms with Crippen molar-refractivity contribution in [1.29, 1.82) is 5.26 Å². The zero-order valence-corrected chi connectivity index (χ0v) is 10.7. The van der Waals surface area contributed by atoms with E-state index in [-0.39, 0.29) is 16.8 Å². The summed E-state index contributed by atoms with van der Waals surface area (Å²) in [6.07, 6.45) is 9.54. The van der Waals surface area contributed by atoms with Crippen LogP contribution < -0.4 is 0 Å². The summed E-state index contributed by atoms with van der Waals surface area (Å²) in [6.45, 7) is 1.97. The molecular weight excluding hydrogens is 225 g/mol. The highest BCUT2D eigenvalue weighted by Gasteiger charge is 2.34. The van der Waals surface area contributed by atoms with E-state index in [4.69, 9.17) is 5.26 Å². The highest BCUT2D eigenvalue weighted by molar-refractivity contribution is 5.41. The van der Waals surface area contributed by atoms with Gasteiger partial charge in [-0.1, -0.05) is 43.5 Å². The van der Waals surface area contributed by atoms with E-state index >= 15 is 0 Å². The second-order valence-corrected chi connectivity index (χ2v) is 5.00. The molecule has 0 atom stereocenters. The molecule has 1 aliphatic carbocycles. The van der Waals surface area contributed by atoms with Crippen molar-refractivity contribution < 1.29 is 4.39 Å². The fraction of sp³-hybridized carbons (Fsp3) is 0.438. The zero-order valence-electron chi connectivity index (χ0n) is 10.7. The molecule has 0 aliphatic heterocycles. The van der Waals surface area contributed by atoms with Gasteiger partial charge in [0.1, 0.15) is 11.9 Å². The minimum atomic E-state index is -0.333. The van der Waals surface area contributed by atoms with Crippen LogP contribution in [0.25, 0.3) is 0 Å². The first kappa shape index (κ1) is 12.8. The molecule has 1 aromatic carbocycles. The third kappa shape index (κ3) is 2.18. The number of nitriles is 1. The average molecular weight is 243 g/mol. The molecule has 0 bridgehead atoms. The van der Waals surface area contributed by atoms with E-state index in [0.717, 1.165) is 25.7 Å². The van der Waals surface area contributed by atoms with E-state index in [9.17, 15) is 4.39 Å². The Labute approximate surface area is 108 Å². The lowest BCUT2D eigenvalue weighted by atomic mass is 9.69. The van der Waals surface area contributed by atoms with Crippen molar-refractivity contribution in [3.05, 3.63) is 47.3 Å². The first-order valence-electron chi connectivity index (χ1n) is 6.56. The predicted molar refractivity (Wildman–Crippen MR) is 70.7 cm³/mol. The molecule has 0 heterocycles. The Balaban J connectivity index is 2.53. The van der Waals surface area contributed by atoms with E-state index in [1.165, 1.54) is 6.42 Å². The smallest absolute Gasteiger partial charge is 0.145 e. The number of nitrogens with zero attached hydrogens (tertiary/aromatic N) is 1. The number of benzene rings is 1. The molecule has 2 heteroatoms. The predicted octanol–water partition coefficient (Wildman–Crippen LogP) is 4.48. The Hall–Kier alpha value is -1.62. The first-order chi connectivity index (χ1) is 8.73. The normalized spacial score (nSPS) is 18.7. The highest BCUT2D eigenvalue weighted by atomic mass is 19.1. The van der Waals surface area contributed by atoms with Crippen LogP contribution in [0.3, 0.4) is 0 Å². The Morgan fingerprint density at radius 2 is 2.00 bits per heavy atom. The molecule has 0 spiro atoms. The molecule has 1 aromatic rings. The summed E-state index contributed by atoms with van der Waals surface area (Å²) in [5.41, 5.74) is 0.644. The van der Waals surface area contributed by atoms with Crippen molar-refractivity contribution in [2.45, 2.75) is 44.4 Å². The fourth-order valence-corrected chi connectivity index (χ4v) is 3.03. The van der Waals surface area contributed by atoms with Gasteiger partial charge < -0.3 is 0 Å². The van der Waals surface area contributed by atoms with Gasteiger partial charge in [-0.2, -0.15) is 5.26 Å². The minimum absolute atomic E-state index is 0.155. The van der Waals surface area contributed by atoms with Gasteiger partial charge in [-0.15, -0.1) is 0 Å². The van der Waals surface area contributed by atoms with Crippen LogP contribution in [0.4, 0.5) is 4.39 Å². The number of allylic oxidation sites excluding steroid dienone is 2. The van der Waals surface area contributed by atoms with Crippen LogP contribution >= 0.6 is 0 Å². The maximum atomic E-state index is 14.4. The van der Waals surface area contributed by atoms with Gasteiger partial charge in [0, 0.05) is 5.41 Å². The molecule has 1 aliphatic rings. The third-order valence-electron chi connectivity index (χ3n) is 3.89. The maximum Gasteiger partial charge on any atom is 0.145 e. The molecule has 0 amide bonds. The van der Waals surface area contributed by atoms with E-state index in [2.05, 4.69) is 6.08 Å². The van der Waals surface area contributed by atoms with E-state index in [0.29, 0.717) is 5.56 Å². The molecule has 18 heavy (non-hydrogen) atoms. The summed E-state index contributed by atoms with van der Waals surface area (Å²) in [6, 6.07) is 7.10. The molecule has 1 nitrogen and oxygen atoms in total. The van der Waals surface area contributed by atoms with Crippen LogP contribution in [0.2, 0.25) is 0 Å². The van der Waals surface area contributed by atoms with E-state index < -0.39 is 0 Å². The zero-order chi connectivity index (χ0) is 13.0. The summed E-state index contributed by atoms with van der Waals surface area (Å²) in [5, 5.41) is 8.95. The van der Waals surface area contributed by atoms with Gasteiger partial charge in [0.05, 0.1) is 5.56 Å². The van der Waals surface area contributed by atoms with Gasteiger partial charge >= 0.3 is 0 Å². The summed E-state index contributed by atoms with van der Waals surface area (Å²) in [5.74, 6) is -0.333. The lowest BCUT2D eigenvalue weighted by Gasteiger charge is -2.35. The lowest BCUT2D eigenvalue weighted by molar-refractivity contribution is 0.345. The van der Waals surface area contributed by atoms with Crippen LogP contribution in [-0.2, 0) is 5.41 Å². The summed E-state index contributed by atoms with van der Waals surface area (Å²) >= 11 is 0. The Morgan fingerprint density at radius 1 is 1.28 bits per heavy atom. The van der Waals surface area contributed by atoms with Gasteiger partial charge in [-0.3, -0.25) is 0 Å². The number of rotatable bonds is 2. The van der Waals surface area contributed by atoms with Crippen molar-refractivity contribution in [2.75, 3.05) is 0 Å². The standard InChI is InChI=1S/C16H18FN/c1-2-9-16(10-4-3-5-11-16)14-8-6-7-13(12-18)15(14)17/h2,6-9H,3-5,10-11H2,1H3. The quantitative estimate of drug-likeness (QED) is 0.703. The maximum absolute atomic E-state index is 14.4. The summed E-state index contributed by atoms with van der Waals surface area (Å²) in [7, 11) is 0. The number of halogens is 1. The molecule has 0 saturated heterocycles. The largest absolute Gasteiger partial charge is 0.205 e. The Kier molecular flexibility index (Phi) is 3.81. The highest BCUT2D eigenvalue weighted by Crippen LogP contribution is 2.42. The average Bonchev–Trinajstić information content (AvgIpc) is 2.40. The van der Waals surface area contributed by atoms with Crippen molar-refractivity contribution >= 4 is 0 Å². The van der Waals surface area contributed by atoms with Gasteiger partial charge in [-0.05, 0) is 31.4 Å². The topological polar surface area (TPSA) is 23.8 Å². The molecule has 2 rings (SSSR count). The lowest BCUT2D eigenvalue weighted by Crippen LogP contribution is -2.28. The van der Waals surface area contributed by atoms with Gasteiger partial charge in [0.15, 0.2) is 0 Å². The monoisotopic (exact) mass is 243 g/mol. The molecule has 0 radical (unpaired) electrons.